The molecule has 1 aliphatic heterocycles. The van der Waals surface area contributed by atoms with Crippen LogP contribution in [-0.2, 0) is 6.54 Å². The summed E-state index contributed by atoms with van der Waals surface area (Å²) < 4.78 is 13.7. The first-order chi connectivity index (χ1) is 9.20. The number of rotatable bonds is 5. The molecule has 106 valence electrons. The lowest BCUT2D eigenvalue weighted by atomic mass is 10.0. The lowest BCUT2D eigenvalue weighted by Gasteiger charge is -2.37. The number of likely N-dealkylation sites (tertiary alicyclic amines) is 1. The Morgan fingerprint density at radius 3 is 2.95 bits per heavy atom. The zero-order chi connectivity index (χ0) is 13.7. The average molecular weight is 265 g/mol. The predicted molar refractivity (Wildman–Crippen MR) is 76.4 cm³/mol. The maximum atomic E-state index is 13.7. The highest BCUT2D eigenvalue weighted by atomic mass is 19.1. The first kappa shape index (κ1) is 14.4. The van der Waals surface area contributed by atoms with Crippen LogP contribution in [0, 0.1) is 5.82 Å². The molecule has 4 heteroatoms. The van der Waals surface area contributed by atoms with Crippen molar-refractivity contribution in [3.05, 3.63) is 35.6 Å². The van der Waals surface area contributed by atoms with E-state index in [-0.39, 0.29) is 5.82 Å². The Morgan fingerprint density at radius 1 is 1.42 bits per heavy atom. The van der Waals surface area contributed by atoms with E-state index in [9.17, 15) is 4.39 Å². The maximum Gasteiger partial charge on any atom is 0.127 e. The van der Waals surface area contributed by atoms with Gasteiger partial charge in [0, 0.05) is 37.8 Å². The van der Waals surface area contributed by atoms with Gasteiger partial charge in [-0.1, -0.05) is 18.2 Å². The lowest BCUT2D eigenvalue weighted by molar-refractivity contribution is 0.113. The SMILES string of the molecule is CN(CCN)C1CCCN(Cc2ccccc2F)C1. The third kappa shape index (κ3) is 4.00. The molecule has 0 radical (unpaired) electrons. The summed E-state index contributed by atoms with van der Waals surface area (Å²) in [6.45, 7) is 4.39. The molecule has 2 rings (SSSR count). The van der Waals surface area contributed by atoms with Gasteiger partial charge in [-0.25, -0.2) is 4.39 Å². The van der Waals surface area contributed by atoms with E-state index in [0.29, 0.717) is 19.1 Å². The van der Waals surface area contributed by atoms with Crippen LogP contribution in [0.1, 0.15) is 18.4 Å². The van der Waals surface area contributed by atoms with Crippen molar-refractivity contribution in [2.24, 2.45) is 5.73 Å². The lowest BCUT2D eigenvalue weighted by Crippen LogP contribution is -2.47. The summed E-state index contributed by atoms with van der Waals surface area (Å²) in [5, 5.41) is 0. The minimum atomic E-state index is -0.0973. The van der Waals surface area contributed by atoms with Gasteiger partial charge in [-0.2, -0.15) is 0 Å². The van der Waals surface area contributed by atoms with Crippen LogP contribution in [0.15, 0.2) is 24.3 Å². The van der Waals surface area contributed by atoms with Crippen LogP contribution in [0.25, 0.3) is 0 Å². The Hall–Kier alpha value is -0.970. The Kier molecular flexibility index (Phi) is 5.31. The second kappa shape index (κ2) is 6.98. The van der Waals surface area contributed by atoms with Gasteiger partial charge >= 0.3 is 0 Å². The molecule has 1 aliphatic rings. The molecule has 3 nitrogen and oxygen atoms in total. The van der Waals surface area contributed by atoms with Crippen LogP contribution in [0.5, 0.6) is 0 Å². The predicted octanol–water partition coefficient (Wildman–Crippen LogP) is 1.68. The molecular weight excluding hydrogens is 241 g/mol. The number of nitrogens with two attached hydrogens (primary N) is 1. The smallest absolute Gasteiger partial charge is 0.127 e. The maximum absolute atomic E-state index is 13.7. The van der Waals surface area contributed by atoms with Crippen LogP contribution < -0.4 is 5.73 Å². The summed E-state index contributed by atoms with van der Waals surface area (Å²) in [5.74, 6) is -0.0973. The van der Waals surface area contributed by atoms with E-state index in [0.717, 1.165) is 25.2 Å². The van der Waals surface area contributed by atoms with E-state index in [2.05, 4.69) is 16.8 Å². The van der Waals surface area contributed by atoms with Crippen molar-refractivity contribution < 1.29 is 4.39 Å². The highest BCUT2D eigenvalue weighted by Crippen LogP contribution is 2.18. The molecule has 0 bridgehead atoms. The third-order valence-corrected chi connectivity index (χ3v) is 3.94. The second-order valence-corrected chi connectivity index (χ2v) is 5.39. The average Bonchev–Trinajstić information content (AvgIpc) is 2.42. The Labute approximate surface area is 115 Å². The first-order valence-corrected chi connectivity index (χ1v) is 7.06. The molecule has 0 aliphatic carbocycles. The molecule has 1 atom stereocenters. The molecule has 1 aromatic rings. The highest BCUT2D eigenvalue weighted by molar-refractivity contribution is 5.17. The van der Waals surface area contributed by atoms with Crippen LogP contribution >= 0.6 is 0 Å². The first-order valence-electron chi connectivity index (χ1n) is 7.06. The number of halogens is 1. The second-order valence-electron chi connectivity index (χ2n) is 5.39. The molecule has 1 saturated heterocycles. The summed E-state index contributed by atoms with van der Waals surface area (Å²) in [4.78, 5) is 4.67. The zero-order valence-corrected chi connectivity index (χ0v) is 11.7. The van der Waals surface area contributed by atoms with E-state index < -0.39 is 0 Å². The zero-order valence-electron chi connectivity index (χ0n) is 11.7. The minimum absolute atomic E-state index is 0.0973. The standard InChI is InChI=1S/C15H24FN3/c1-18(10-8-17)14-6-4-9-19(12-14)11-13-5-2-3-7-15(13)16/h2-3,5,7,14H,4,6,8-12,17H2,1H3. The van der Waals surface area contributed by atoms with Gasteiger partial charge in [-0.15, -0.1) is 0 Å². The molecule has 2 N–H and O–H groups in total. The van der Waals surface area contributed by atoms with Crippen molar-refractivity contribution in [2.75, 3.05) is 33.2 Å². The fraction of sp³-hybridized carbons (Fsp3) is 0.600. The van der Waals surface area contributed by atoms with Gasteiger partial charge in [0.1, 0.15) is 5.82 Å². The van der Waals surface area contributed by atoms with Crippen molar-refractivity contribution in [1.82, 2.24) is 9.80 Å². The van der Waals surface area contributed by atoms with Crippen molar-refractivity contribution >= 4 is 0 Å². The monoisotopic (exact) mass is 265 g/mol. The van der Waals surface area contributed by atoms with Gasteiger partial charge in [0.2, 0.25) is 0 Å². The van der Waals surface area contributed by atoms with Crippen LogP contribution in [0.4, 0.5) is 4.39 Å². The van der Waals surface area contributed by atoms with Crippen molar-refractivity contribution in [3.8, 4) is 0 Å². The number of piperidine rings is 1. The van der Waals surface area contributed by atoms with E-state index in [1.807, 2.05) is 12.1 Å². The van der Waals surface area contributed by atoms with E-state index in [1.54, 1.807) is 6.07 Å². The summed E-state index contributed by atoms with van der Waals surface area (Å²) in [6, 6.07) is 7.61. The Balaban J connectivity index is 1.92. The van der Waals surface area contributed by atoms with E-state index in [4.69, 9.17) is 5.73 Å². The fourth-order valence-corrected chi connectivity index (χ4v) is 2.79. The topological polar surface area (TPSA) is 32.5 Å². The molecule has 0 aromatic heterocycles. The number of nitrogens with zero attached hydrogens (tertiary/aromatic N) is 2. The normalized spacial score (nSPS) is 20.9. The fourth-order valence-electron chi connectivity index (χ4n) is 2.79. The Morgan fingerprint density at radius 2 is 2.21 bits per heavy atom. The number of benzene rings is 1. The molecule has 1 heterocycles. The van der Waals surface area contributed by atoms with Crippen LogP contribution in [0.2, 0.25) is 0 Å². The van der Waals surface area contributed by atoms with Gasteiger partial charge in [-0.3, -0.25) is 4.90 Å². The van der Waals surface area contributed by atoms with Crippen LogP contribution in [0.3, 0.4) is 0 Å². The van der Waals surface area contributed by atoms with Gasteiger partial charge in [0.15, 0.2) is 0 Å². The van der Waals surface area contributed by atoms with Gasteiger partial charge in [0.05, 0.1) is 0 Å². The summed E-state index contributed by atoms with van der Waals surface area (Å²) in [6.07, 6.45) is 2.39. The number of hydrogen-bond acceptors (Lipinski definition) is 3. The molecule has 0 spiro atoms. The van der Waals surface area contributed by atoms with Gasteiger partial charge in [0.25, 0.3) is 0 Å². The summed E-state index contributed by atoms with van der Waals surface area (Å²) in [7, 11) is 2.13. The number of hydrogen-bond donors (Lipinski definition) is 1. The van der Waals surface area contributed by atoms with Gasteiger partial charge < -0.3 is 10.6 Å². The number of likely N-dealkylation sites (N-methyl/N-ethyl adjacent to an activating group) is 1. The van der Waals surface area contributed by atoms with Crippen molar-refractivity contribution in [3.63, 3.8) is 0 Å². The van der Waals surface area contributed by atoms with Gasteiger partial charge in [-0.05, 0) is 32.5 Å². The van der Waals surface area contributed by atoms with E-state index in [1.165, 1.54) is 18.9 Å². The quantitative estimate of drug-likeness (QED) is 0.879. The van der Waals surface area contributed by atoms with Crippen molar-refractivity contribution in [1.29, 1.82) is 0 Å². The largest absolute Gasteiger partial charge is 0.329 e. The molecule has 1 unspecified atom stereocenters. The third-order valence-electron chi connectivity index (χ3n) is 3.94. The molecule has 0 amide bonds. The highest BCUT2D eigenvalue weighted by Gasteiger charge is 2.23. The van der Waals surface area contributed by atoms with Crippen LogP contribution in [-0.4, -0.2) is 49.1 Å². The van der Waals surface area contributed by atoms with Crippen molar-refractivity contribution in [2.45, 2.75) is 25.4 Å². The molecular formula is C15H24FN3. The van der Waals surface area contributed by atoms with E-state index >= 15 is 0 Å². The summed E-state index contributed by atoms with van der Waals surface area (Å²) >= 11 is 0. The summed E-state index contributed by atoms with van der Waals surface area (Å²) in [5.41, 5.74) is 6.41. The molecule has 19 heavy (non-hydrogen) atoms. The minimum Gasteiger partial charge on any atom is -0.329 e. The molecule has 1 aromatic carbocycles. The molecule has 0 saturated carbocycles. The Bertz CT molecular complexity index is 397. The molecule has 1 fully saturated rings.